The van der Waals surface area contributed by atoms with Crippen molar-refractivity contribution in [1.29, 1.82) is 0 Å². The second-order valence-corrected chi connectivity index (χ2v) is 6.09. The predicted molar refractivity (Wildman–Crippen MR) is 81.0 cm³/mol. The summed E-state index contributed by atoms with van der Waals surface area (Å²) in [5, 5.41) is 21.7. The summed E-state index contributed by atoms with van der Waals surface area (Å²) in [5.74, 6) is 0. The first kappa shape index (κ1) is 14.5. The average molecular weight is 300 g/mol. The summed E-state index contributed by atoms with van der Waals surface area (Å²) >= 11 is 0. The van der Waals surface area contributed by atoms with Crippen LogP contribution in [0.15, 0.2) is 47.4 Å². The maximum atomic E-state index is 12.1. The third kappa shape index (κ3) is 1.95. The number of pyridine rings is 1. The first-order valence-corrected chi connectivity index (χ1v) is 6.98. The van der Waals surface area contributed by atoms with Crippen LogP contribution in [0.4, 0.5) is 5.69 Å². The van der Waals surface area contributed by atoms with Crippen LogP contribution in [-0.4, -0.2) is 20.7 Å². The molecule has 1 aromatic heterocycles. The summed E-state index contributed by atoms with van der Waals surface area (Å²) < 4.78 is 1.43. The Morgan fingerprint density at radius 3 is 2.64 bits per heavy atom. The molecule has 2 atom stereocenters. The van der Waals surface area contributed by atoms with Gasteiger partial charge in [-0.05, 0) is 17.2 Å². The van der Waals surface area contributed by atoms with Gasteiger partial charge in [0.05, 0.1) is 17.1 Å². The van der Waals surface area contributed by atoms with Gasteiger partial charge < -0.3 is 9.67 Å². The van der Waals surface area contributed by atoms with Gasteiger partial charge in [-0.25, -0.2) is 0 Å². The fourth-order valence-electron chi connectivity index (χ4n) is 3.19. The molecule has 1 aromatic carbocycles. The van der Waals surface area contributed by atoms with Gasteiger partial charge in [0.15, 0.2) is 0 Å². The Labute approximate surface area is 126 Å². The Balaban J connectivity index is 2.26. The normalized spacial score (nSPS) is 22.3. The lowest BCUT2D eigenvalue weighted by Gasteiger charge is -2.27. The van der Waals surface area contributed by atoms with E-state index in [1.165, 1.54) is 22.8 Å². The molecule has 0 aliphatic heterocycles. The molecule has 1 N–H and O–H groups in total. The molecule has 0 saturated carbocycles. The molecule has 6 heteroatoms. The quantitative estimate of drug-likeness (QED) is 0.679. The van der Waals surface area contributed by atoms with Gasteiger partial charge in [-0.3, -0.25) is 14.9 Å². The van der Waals surface area contributed by atoms with Crippen LogP contribution >= 0.6 is 0 Å². The van der Waals surface area contributed by atoms with E-state index in [1.54, 1.807) is 24.4 Å². The fourth-order valence-corrected chi connectivity index (χ4v) is 3.19. The Kier molecular flexibility index (Phi) is 3.14. The van der Waals surface area contributed by atoms with Crippen molar-refractivity contribution >= 4 is 5.69 Å². The van der Waals surface area contributed by atoms with Gasteiger partial charge in [0, 0.05) is 29.8 Å². The van der Waals surface area contributed by atoms with Crippen molar-refractivity contribution in [1.82, 2.24) is 4.57 Å². The number of nitro benzene ring substituents is 1. The second-order valence-electron chi connectivity index (χ2n) is 6.09. The zero-order chi connectivity index (χ0) is 16.1. The van der Waals surface area contributed by atoms with Gasteiger partial charge in [-0.1, -0.05) is 26.0 Å². The standard InChI is InChI=1S/C16H16N2O4/c1-16(2)12-7-6-10(18(21)22)9-11(12)14(15(16)20)17-8-4-3-5-13(17)19/h3-9,14-15,20H,1-2H3/t14-,15+/m0/s1. The Morgan fingerprint density at radius 2 is 2.00 bits per heavy atom. The number of rotatable bonds is 2. The molecule has 0 unspecified atom stereocenters. The number of benzene rings is 1. The Bertz CT molecular complexity index is 810. The molecule has 0 amide bonds. The highest BCUT2D eigenvalue weighted by molar-refractivity contribution is 5.50. The summed E-state index contributed by atoms with van der Waals surface area (Å²) in [7, 11) is 0. The van der Waals surface area contributed by atoms with E-state index in [0.29, 0.717) is 5.56 Å². The molecule has 0 bridgehead atoms. The Morgan fingerprint density at radius 1 is 1.27 bits per heavy atom. The van der Waals surface area contributed by atoms with E-state index in [2.05, 4.69) is 0 Å². The number of aliphatic hydroxyl groups excluding tert-OH is 1. The lowest BCUT2D eigenvalue weighted by molar-refractivity contribution is -0.384. The van der Waals surface area contributed by atoms with E-state index in [-0.39, 0.29) is 11.2 Å². The van der Waals surface area contributed by atoms with Gasteiger partial charge in [0.2, 0.25) is 0 Å². The monoisotopic (exact) mass is 300 g/mol. The number of non-ortho nitro benzene ring substituents is 1. The van der Waals surface area contributed by atoms with E-state index < -0.39 is 22.5 Å². The van der Waals surface area contributed by atoms with Gasteiger partial charge in [0.25, 0.3) is 11.2 Å². The van der Waals surface area contributed by atoms with Gasteiger partial charge in [0.1, 0.15) is 0 Å². The minimum Gasteiger partial charge on any atom is -0.390 e. The fraction of sp³-hybridized carbons (Fsp3) is 0.312. The van der Waals surface area contributed by atoms with Crippen LogP contribution in [-0.2, 0) is 5.41 Å². The third-order valence-corrected chi connectivity index (χ3v) is 4.45. The van der Waals surface area contributed by atoms with E-state index in [4.69, 9.17) is 0 Å². The molecule has 1 heterocycles. The molecule has 3 rings (SSSR count). The van der Waals surface area contributed by atoms with Crippen LogP contribution in [0.1, 0.15) is 31.0 Å². The van der Waals surface area contributed by atoms with Crippen LogP contribution in [0.3, 0.4) is 0 Å². The zero-order valence-corrected chi connectivity index (χ0v) is 12.3. The highest BCUT2D eigenvalue weighted by Gasteiger charge is 2.47. The van der Waals surface area contributed by atoms with Gasteiger partial charge in [-0.15, -0.1) is 0 Å². The summed E-state index contributed by atoms with van der Waals surface area (Å²) in [6.07, 6.45) is 0.754. The van der Waals surface area contributed by atoms with Crippen LogP contribution in [0, 0.1) is 10.1 Å². The van der Waals surface area contributed by atoms with Crippen molar-refractivity contribution in [2.45, 2.75) is 31.4 Å². The van der Waals surface area contributed by atoms with Crippen LogP contribution in [0.5, 0.6) is 0 Å². The van der Waals surface area contributed by atoms with E-state index in [1.807, 2.05) is 13.8 Å². The second kappa shape index (κ2) is 4.78. The van der Waals surface area contributed by atoms with Crippen LogP contribution in [0.25, 0.3) is 0 Å². The number of aromatic nitrogens is 1. The smallest absolute Gasteiger partial charge is 0.269 e. The summed E-state index contributed by atoms with van der Waals surface area (Å²) in [4.78, 5) is 22.7. The molecule has 0 saturated heterocycles. The lowest BCUT2D eigenvalue weighted by atomic mass is 9.84. The minimum absolute atomic E-state index is 0.0439. The van der Waals surface area contributed by atoms with E-state index in [9.17, 15) is 20.0 Å². The molecular weight excluding hydrogens is 284 g/mol. The van der Waals surface area contributed by atoms with Gasteiger partial charge >= 0.3 is 0 Å². The molecule has 6 nitrogen and oxygen atoms in total. The number of aliphatic hydroxyl groups is 1. The molecule has 2 aromatic rings. The summed E-state index contributed by atoms with van der Waals surface area (Å²) in [6.45, 7) is 3.74. The van der Waals surface area contributed by atoms with Crippen molar-refractivity contribution in [3.8, 4) is 0 Å². The van der Waals surface area contributed by atoms with Crippen LogP contribution in [0.2, 0.25) is 0 Å². The molecular formula is C16H16N2O4. The van der Waals surface area contributed by atoms with Crippen molar-refractivity contribution < 1.29 is 10.0 Å². The average Bonchev–Trinajstić information content (AvgIpc) is 2.67. The van der Waals surface area contributed by atoms with Crippen molar-refractivity contribution in [3.63, 3.8) is 0 Å². The molecule has 1 aliphatic rings. The zero-order valence-electron chi connectivity index (χ0n) is 12.3. The first-order chi connectivity index (χ1) is 10.3. The number of hydrogen-bond acceptors (Lipinski definition) is 4. The van der Waals surface area contributed by atoms with Crippen LogP contribution < -0.4 is 5.56 Å². The maximum Gasteiger partial charge on any atom is 0.269 e. The number of fused-ring (bicyclic) bond motifs is 1. The largest absolute Gasteiger partial charge is 0.390 e. The van der Waals surface area contributed by atoms with Crippen molar-refractivity contribution in [2.75, 3.05) is 0 Å². The number of nitro groups is 1. The number of nitrogens with zero attached hydrogens (tertiary/aromatic N) is 2. The van der Waals surface area contributed by atoms with E-state index >= 15 is 0 Å². The Hall–Kier alpha value is -2.47. The van der Waals surface area contributed by atoms with E-state index in [0.717, 1.165) is 5.56 Å². The molecule has 0 radical (unpaired) electrons. The van der Waals surface area contributed by atoms with Gasteiger partial charge in [-0.2, -0.15) is 0 Å². The number of hydrogen-bond donors (Lipinski definition) is 1. The first-order valence-electron chi connectivity index (χ1n) is 6.98. The third-order valence-electron chi connectivity index (χ3n) is 4.45. The molecule has 1 aliphatic carbocycles. The SMILES string of the molecule is CC1(C)c2ccc([N+](=O)[O-])cc2[C@H](n2ccccc2=O)[C@H]1O. The molecule has 114 valence electrons. The highest BCUT2D eigenvalue weighted by Crippen LogP contribution is 2.47. The topological polar surface area (TPSA) is 85.4 Å². The highest BCUT2D eigenvalue weighted by atomic mass is 16.6. The lowest BCUT2D eigenvalue weighted by Crippen LogP contribution is -2.37. The maximum absolute atomic E-state index is 12.1. The predicted octanol–water partition coefficient (Wildman–Crippen LogP) is 2.00. The summed E-state index contributed by atoms with van der Waals surface area (Å²) in [6, 6.07) is 8.68. The van der Waals surface area contributed by atoms with Crippen molar-refractivity contribution in [3.05, 3.63) is 74.2 Å². The summed E-state index contributed by atoms with van der Waals surface area (Å²) in [5.41, 5.74) is 0.565. The van der Waals surface area contributed by atoms with Crippen molar-refractivity contribution in [2.24, 2.45) is 0 Å². The molecule has 22 heavy (non-hydrogen) atoms. The molecule has 0 spiro atoms. The minimum atomic E-state index is -0.843. The molecule has 0 fully saturated rings.